The molecular formula is C69H106O8. The fraction of sp³-hybridized carbons (Fsp3) is 0.623. The van der Waals surface area contributed by atoms with Gasteiger partial charge in [0.15, 0.2) is 6.29 Å². The Kier molecular flexibility index (Phi) is 29.6. The maximum absolute atomic E-state index is 12.1. The van der Waals surface area contributed by atoms with Crippen LogP contribution < -0.4 is 9.47 Å². The molecule has 0 heterocycles. The van der Waals surface area contributed by atoms with E-state index in [1.807, 2.05) is 62.4 Å². The highest BCUT2D eigenvalue weighted by Crippen LogP contribution is 2.59. The fourth-order valence-electron chi connectivity index (χ4n) is 11.3. The van der Waals surface area contributed by atoms with Gasteiger partial charge in [0.25, 0.3) is 0 Å². The van der Waals surface area contributed by atoms with Crippen molar-refractivity contribution in [2.24, 2.45) is 35.5 Å². The SMILES string of the molecule is C.CCC(C)C(=O)OC1(C)C2CC3CC(C2)CC1C3.CCC(C)c1ccc(O)cc1.CCC(C)c1ccc(O)cc1.CCC(C)c1ccc(OC(C)=O)cc1.CCC(C)c1ccc(OC(C)OCCC2CCCCC2)cc1. The third-order valence-corrected chi connectivity index (χ3v) is 17.5. The Balaban J connectivity index is 0.000000259. The summed E-state index contributed by atoms with van der Waals surface area (Å²) in [6.07, 6.45) is 20.1. The van der Waals surface area contributed by atoms with E-state index in [9.17, 15) is 9.59 Å². The molecule has 77 heavy (non-hydrogen) atoms. The molecule has 0 amide bonds. The predicted octanol–water partition coefficient (Wildman–Crippen LogP) is 19.3. The molecule has 9 rings (SSSR count). The van der Waals surface area contributed by atoms with Crippen molar-refractivity contribution in [3.8, 4) is 23.0 Å². The zero-order chi connectivity index (χ0) is 55.8. The van der Waals surface area contributed by atoms with Crippen LogP contribution in [0, 0.1) is 35.5 Å². The van der Waals surface area contributed by atoms with Gasteiger partial charge >= 0.3 is 11.9 Å². The van der Waals surface area contributed by atoms with E-state index >= 15 is 0 Å². The smallest absolute Gasteiger partial charge is 0.309 e. The number of carbonyl (C=O) groups is 2. The monoisotopic (exact) mass is 1060 g/mol. The van der Waals surface area contributed by atoms with Gasteiger partial charge in [-0.15, -0.1) is 0 Å². The van der Waals surface area contributed by atoms with Crippen molar-refractivity contribution < 1.29 is 38.7 Å². The standard InChI is InChI=1S/C20H32O2.C16H26O2.C12H16O2.2C10H14O.CH4/c1-4-16(2)19-10-12-20(13-11-19)22-17(3)21-15-14-18-8-6-5-7-9-18;1-4-10(2)15(17)18-16(3)13-6-11-5-12(8-13)9-14(16)7-11;1-4-9(2)11-5-7-12(8-6-11)14-10(3)13;2*1-3-8(2)9-4-6-10(11)7-5-9;/h10-13,16-18H,4-9,14-15H2,1-3H3;10-14H,4-9H2,1-3H3;5-9H,4H2,1-3H3;2*4-8,11H,3H2,1-2H3;1H4. The lowest BCUT2D eigenvalue weighted by Crippen LogP contribution is -2.58. The van der Waals surface area contributed by atoms with Gasteiger partial charge in [-0.05, 0) is 209 Å². The Morgan fingerprint density at radius 1 is 0.545 bits per heavy atom. The molecule has 0 saturated heterocycles. The molecule has 0 radical (unpaired) electrons. The summed E-state index contributed by atoms with van der Waals surface area (Å²) < 4.78 is 22.6. The van der Waals surface area contributed by atoms with Gasteiger partial charge in [0, 0.05) is 6.92 Å². The highest BCUT2D eigenvalue weighted by atomic mass is 16.7. The Hall–Kier alpha value is -4.82. The van der Waals surface area contributed by atoms with E-state index in [1.165, 1.54) is 106 Å². The molecule has 5 aliphatic carbocycles. The van der Waals surface area contributed by atoms with Crippen LogP contribution in [0.25, 0.3) is 0 Å². The van der Waals surface area contributed by atoms with Crippen molar-refractivity contribution in [2.75, 3.05) is 6.61 Å². The van der Waals surface area contributed by atoms with Gasteiger partial charge in [0.2, 0.25) is 0 Å². The van der Waals surface area contributed by atoms with Gasteiger partial charge in [-0.1, -0.05) is 157 Å². The normalized spacial score (nSPS) is 22.3. The fourth-order valence-corrected chi connectivity index (χ4v) is 11.3. The number of phenolic OH excluding ortho intramolecular Hbond substituents is 2. The molecule has 8 heteroatoms. The van der Waals surface area contributed by atoms with E-state index in [0.29, 0.717) is 52.8 Å². The number of phenols is 2. The Labute approximate surface area is 468 Å². The van der Waals surface area contributed by atoms with Crippen LogP contribution in [0.3, 0.4) is 0 Å². The maximum atomic E-state index is 12.1. The van der Waals surface area contributed by atoms with Gasteiger partial charge < -0.3 is 29.2 Å². The van der Waals surface area contributed by atoms with Gasteiger partial charge in [0.05, 0.1) is 12.5 Å². The van der Waals surface area contributed by atoms with Crippen LogP contribution >= 0.6 is 0 Å². The summed E-state index contributed by atoms with van der Waals surface area (Å²) in [6.45, 7) is 28.0. The number of ether oxygens (including phenoxy) is 4. The van der Waals surface area contributed by atoms with Crippen LogP contribution in [0.15, 0.2) is 97.1 Å². The lowest BCUT2D eigenvalue weighted by molar-refractivity contribution is -0.206. The van der Waals surface area contributed by atoms with Crippen molar-refractivity contribution in [1.82, 2.24) is 0 Å². The summed E-state index contributed by atoms with van der Waals surface area (Å²) >= 11 is 0. The molecule has 4 aromatic carbocycles. The average molecular weight is 1060 g/mol. The predicted molar refractivity (Wildman–Crippen MR) is 320 cm³/mol. The van der Waals surface area contributed by atoms with Gasteiger partial charge in [-0.2, -0.15) is 0 Å². The Morgan fingerprint density at radius 2 is 0.922 bits per heavy atom. The van der Waals surface area contributed by atoms with Crippen molar-refractivity contribution in [1.29, 1.82) is 0 Å². The lowest BCUT2D eigenvalue weighted by Gasteiger charge is -2.59. The summed E-state index contributed by atoms with van der Waals surface area (Å²) in [5, 5.41) is 18.0. The molecule has 6 atom stereocenters. The topological polar surface area (TPSA) is 112 Å². The summed E-state index contributed by atoms with van der Waals surface area (Å²) in [7, 11) is 0. The van der Waals surface area contributed by atoms with Crippen LogP contribution in [0.5, 0.6) is 23.0 Å². The van der Waals surface area contributed by atoms with Crippen LogP contribution in [0.4, 0.5) is 0 Å². The second-order valence-electron chi connectivity index (χ2n) is 23.2. The molecular weight excluding hydrogens is 957 g/mol. The molecule has 6 unspecified atom stereocenters. The molecule has 5 saturated carbocycles. The highest BCUT2D eigenvalue weighted by molar-refractivity contribution is 5.72. The van der Waals surface area contributed by atoms with E-state index in [1.54, 1.807) is 24.3 Å². The Bertz CT molecular complexity index is 2130. The highest BCUT2D eigenvalue weighted by Gasteiger charge is 2.57. The van der Waals surface area contributed by atoms with E-state index in [-0.39, 0.29) is 37.2 Å². The molecule has 0 aliphatic heterocycles. The quantitative estimate of drug-likeness (QED) is 0.0576. The first-order chi connectivity index (χ1) is 36.3. The number of esters is 2. The van der Waals surface area contributed by atoms with E-state index in [0.717, 1.165) is 55.8 Å². The average Bonchev–Trinajstić information content (AvgIpc) is 3.43. The lowest BCUT2D eigenvalue weighted by atomic mass is 9.50. The largest absolute Gasteiger partial charge is 0.508 e. The zero-order valence-electron chi connectivity index (χ0n) is 49.5. The van der Waals surface area contributed by atoms with Gasteiger partial charge in [-0.25, -0.2) is 0 Å². The Morgan fingerprint density at radius 3 is 1.29 bits per heavy atom. The molecule has 8 nitrogen and oxygen atoms in total. The van der Waals surface area contributed by atoms with E-state index in [4.69, 9.17) is 29.2 Å². The minimum absolute atomic E-state index is 0. The minimum Gasteiger partial charge on any atom is -0.508 e. The van der Waals surface area contributed by atoms with Crippen molar-refractivity contribution in [2.45, 2.75) is 236 Å². The van der Waals surface area contributed by atoms with Crippen LogP contribution in [-0.4, -0.2) is 40.6 Å². The van der Waals surface area contributed by atoms with Gasteiger partial charge in [0.1, 0.15) is 28.6 Å². The molecule has 5 aliphatic rings. The summed E-state index contributed by atoms with van der Waals surface area (Å²) in [6, 6.07) is 31.0. The zero-order valence-corrected chi connectivity index (χ0v) is 49.5. The van der Waals surface area contributed by atoms with Crippen molar-refractivity contribution >= 4 is 11.9 Å². The first-order valence-electron chi connectivity index (χ1n) is 29.8. The number of hydrogen-bond acceptors (Lipinski definition) is 8. The molecule has 430 valence electrons. The molecule has 4 aromatic rings. The molecule has 4 bridgehead atoms. The maximum Gasteiger partial charge on any atom is 0.309 e. The molecule has 5 fully saturated rings. The minimum atomic E-state index is -0.277. The van der Waals surface area contributed by atoms with E-state index in [2.05, 4.69) is 93.5 Å². The first-order valence-corrected chi connectivity index (χ1v) is 29.8. The second kappa shape index (κ2) is 34.2. The third kappa shape index (κ3) is 22.1. The number of carbonyl (C=O) groups excluding carboxylic acids is 2. The number of aromatic hydroxyl groups is 2. The van der Waals surface area contributed by atoms with Crippen LogP contribution in [0.2, 0.25) is 0 Å². The first kappa shape index (κ1) is 66.5. The van der Waals surface area contributed by atoms with Gasteiger partial charge in [-0.3, -0.25) is 9.59 Å². The number of hydrogen-bond donors (Lipinski definition) is 2. The molecule has 0 spiro atoms. The summed E-state index contributed by atoms with van der Waals surface area (Å²) in [4.78, 5) is 22.8. The van der Waals surface area contributed by atoms with E-state index < -0.39 is 0 Å². The third-order valence-electron chi connectivity index (χ3n) is 17.5. The van der Waals surface area contributed by atoms with Crippen LogP contribution in [0.1, 0.15) is 246 Å². The molecule has 2 N–H and O–H groups in total. The number of benzene rings is 4. The molecule has 0 aromatic heterocycles. The second-order valence-corrected chi connectivity index (χ2v) is 23.2. The summed E-state index contributed by atoms with van der Waals surface area (Å²) in [5.41, 5.74) is 5.10. The summed E-state index contributed by atoms with van der Waals surface area (Å²) in [5.74, 6) is 8.39. The van der Waals surface area contributed by atoms with Crippen molar-refractivity contribution in [3.63, 3.8) is 0 Å². The van der Waals surface area contributed by atoms with Crippen LogP contribution in [-0.2, 0) is 19.1 Å². The number of rotatable bonds is 18. The van der Waals surface area contributed by atoms with Crippen molar-refractivity contribution in [3.05, 3.63) is 119 Å².